The Labute approximate surface area is 374 Å². The number of aromatic nitrogens is 3. The Morgan fingerprint density at radius 2 is 1.05 bits per heavy atom. The molecule has 2 N–H and O–H groups in total. The zero-order chi connectivity index (χ0) is 53.6. The number of nitrogens with zero attached hydrogens (tertiary/aromatic N) is 3. The molecule has 0 aliphatic carbocycles. The van der Waals surface area contributed by atoms with Gasteiger partial charge in [0.1, 0.15) is 11.5 Å². The fourth-order valence-corrected chi connectivity index (χ4v) is 7.61. The zero-order valence-corrected chi connectivity index (χ0v) is 32.0. The first-order chi connectivity index (χ1) is 36.5. The van der Waals surface area contributed by atoms with E-state index in [0.717, 1.165) is 16.3 Å². The van der Waals surface area contributed by atoms with Crippen LogP contribution in [0.15, 0.2) is 224 Å². The molecule has 0 bridgehead atoms. The molecule has 0 fully saturated rings. The highest BCUT2D eigenvalue weighted by Gasteiger charge is 2.21. The van der Waals surface area contributed by atoms with Crippen LogP contribution in [0.3, 0.4) is 0 Å². The molecule has 0 saturated heterocycles. The van der Waals surface area contributed by atoms with Crippen molar-refractivity contribution in [2.75, 3.05) is 10.6 Å². The van der Waals surface area contributed by atoms with Crippen LogP contribution in [0.5, 0.6) is 11.5 Å². The molecule has 2 heterocycles. The Bertz CT molecular complexity index is 4080. The molecule has 6 heteroatoms. The van der Waals surface area contributed by atoms with Gasteiger partial charge in [-0.2, -0.15) is 0 Å². The van der Waals surface area contributed by atoms with Gasteiger partial charge in [0.05, 0.1) is 59.7 Å². The van der Waals surface area contributed by atoms with Crippen LogP contribution in [-0.2, 0) is 0 Å². The summed E-state index contributed by atoms with van der Waals surface area (Å²) in [6.07, 6.45) is 0. The van der Waals surface area contributed by atoms with Gasteiger partial charge in [-0.25, -0.2) is 4.98 Å². The van der Waals surface area contributed by atoms with Crippen molar-refractivity contribution < 1.29 is 25.3 Å². The van der Waals surface area contributed by atoms with Gasteiger partial charge in [0, 0.05) is 45.4 Å². The lowest BCUT2D eigenvalue weighted by Gasteiger charge is -2.20. The standard InChI is InChI=1S/C55H39N5O/c1-4-18-38(19-5-1)44-27-17-28-45(39-20-6-2-7-21-39)54(44)57-49-30-12-11-29-48(49)56-40-22-16-25-42(36-40)61-43-34-35-47-46-26-10-14-32-51(46)60(53(47)37-43)55-58-50-31-13-15-33-52(50)59(55)41-23-8-3-9-24-41/h1-37,56-57H/i1D,2D,3D,4D,5D,6D,7D,8D,9D,18D,19D,20D,21D,23D,24D. The van der Waals surface area contributed by atoms with Gasteiger partial charge >= 0.3 is 0 Å². The molecule has 0 unspecified atom stereocenters. The third kappa shape index (κ3) is 6.72. The summed E-state index contributed by atoms with van der Waals surface area (Å²) in [5.74, 6) is 1.16. The fourth-order valence-electron chi connectivity index (χ4n) is 7.61. The summed E-state index contributed by atoms with van der Waals surface area (Å²) in [5, 5.41) is 8.49. The van der Waals surface area contributed by atoms with E-state index in [-0.39, 0.29) is 51.7 Å². The van der Waals surface area contributed by atoms with Crippen molar-refractivity contribution >= 4 is 55.6 Å². The zero-order valence-electron chi connectivity index (χ0n) is 47.0. The number of benzene rings is 9. The van der Waals surface area contributed by atoms with Gasteiger partial charge in [-0.3, -0.25) is 9.13 Å². The second-order valence-electron chi connectivity index (χ2n) is 13.9. The van der Waals surface area contributed by atoms with E-state index in [4.69, 9.17) is 30.3 Å². The highest BCUT2D eigenvalue weighted by Crippen LogP contribution is 2.41. The number of anilines is 4. The number of para-hydroxylation sites is 7. The van der Waals surface area contributed by atoms with Gasteiger partial charge in [-0.15, -0.1) is 0 Å². The SMILES string of the molecule is [2H]c1c([2H])c([2H])c(-c2cccc(-c3c([2H])c([2H])c([2H])c([2H])c3[2H])c2Nc2ccccc2Nc2cccc(Oc3ccc4c5ccccc5n(-c5nc6ccccc6n5-c5c([2H])c([2H])c([2H])c([2H])c5[2H])c4c3)c2)c([2H])c1[2H]. The van der Waals surface area contributed by atoms with Crippen LogP contribution in [0, 0.1) is 0 Å². The second kappa shape index (κ2) is 15.4. The van der Waals surface area contributed by atoms with Crippen molar-refractivity contribution in [1.29, 1.82) is 0 Å². The molecule has 2 aromatic heterocycles. The number of fused-ring (bicyclic) bond motifs is 4. The predicted octanol–water partition coefficient (Wildman–Crippen LogP) is 14.7. The number of rotatable bonds is 10. The number of nitrogens with one attached hydrogen (secondary N) is 2. The summed E-state index contributed by atoms with van der Waals surface area (Å²) in [5.41, 5.74) is 3.92. The lowest BCUT2D eigenvalue weighted by Crippen LogP contribution is -2.05. The lowest BCUT2D eigenvalue weighted by atomic mass is 9.95. The topological polar surface area (TPSA) is 56.0 Å². The number of imidazole rings is 1. The minimum Gasteiger partial charge on any atom is -0.457 e. The third-order valence-electron chi connectivity index (χ3n) is 10.2. The minimum atomic E-state index is -0.591. The fraction of sp³-hybridized carbons (Fsp3) is 0. The molecule has 6 nitrogen and oxygen atoms in total. The van der Waals surface area contributed by atoms with Crippen molar-refractivity contribution in [2.45, 2.75) is 0 Å². The van der Waals surface area contributed by atoms with E-state index in [1.54, 1.807) is 77.4 Å². The molecular formula is C55H39N5O. The van der Waals surface area contributed by atoms with Crippen molar-refractivity contribution in [3.63, 3.8) is 0 Å². The molecule has 0 amide bonds. The first kappa shape index (κ1) is 23.3. The maximum absolute atomic E-state index is 8.97. The number of hydrogen-bond acceptors (Lipinski definition) is 4. The molecule has 0 aliphatic rings. The van der Waals surface area contributed by atoms with E-state index in [2.05, 4.69) is 10.6 Å². The molecule has 61 heavy (non-hydrogen) atoms. The maximum Gasteiger partial charge on any atom is 0.220 e. The monoisotopic (exact) mass is 800 g/mol. The summed E-state index contributed by atoms with van der Waals surface area (Å²) < 4.78 is 139. The number of ether oxygens (including phenoxy) is 1. The molecule has 0 atom stereocenters. The average Bonchev–Trinajstić information content (AvgIpc) is 3.96. The van der Waals surface area contributed by atoms with Crippen LogP contribution in [0.25, 0.3) is 66.7 Å². The Balaban J connectivity index is 0.992. The summed E-state index contributed by atoms with van der Waals surface area (Å²) >= 11 is 0. The van der Waals surface area contributed by atoms with Crippen molar-refractivity contribution in [3.8, 4) is 45.4 Å². The van der Waals surface area contributed by atoms with Gasteiger partial charge in [-0.05, 0) is 77.8 Å². The van der Waals surface area contributed by atoms with Crippen LogP contribution in [0.1, 0.15) is 20.6 Å². The first-order valence-corrected chi connectivity index (χ1v) is 19.2. The molecule has 11 aromatic rings. The Hall–Kier alpha value is -8.35. The highest BCUT2D eigenvalue weighted by atomic mass is 16.5. The van der Waals surface area contributed by atoms with E-state index >= 15 is 0 Å². The van der Waals surface area contributed by atoms with E-state index < -0.39 is 78.6 Å². The Morgan fingerprint density at radius 3 is 1.79 bits per heavy atom. The molecule has 0 saturated carbocycles. The van der Waals surface area contributed by atoms with Gasteiger partial charge in [0.2, 0.25) is 5.95 Å². The smallest absolute Gasteiger partial charge is 0.220 e. The maximum atomic E-state index is 8.97. The molecular weight excluding hydrogens is 747 g/mol. The first-order valence-electron chi connectivity index (χ1n) is 26.7. The van der Waals surface area contributed by atoms with Crippen molar-refractivity contribution in [3.05, 3.63) is 224 Å². The van der Waals surface area contributed by atoms with Gasteiger partial charge in [-0.1, -0.05) is 145 Å². The van der Waals surface area contributed by atoms with E-state index in [9.17, 15) is 0 Å². The van der Waals surface area contributed by atoms with E-state index in [1.165, 1.54) is 6.07 Å². The molecule has 9 aromatic carbocycles. The van der Waals surface area contributed by atoms with E-state index in [0.29, 0.717) is 45.1 Å². The minimum absolute atomic E-state index is 0.0538. The van der Waals surface area contributed by atoms with Gasteiger partial charge in [0.15, 0.2) is 0 Å². The van der Waals surface area contributed by atoms with Gasteiger partial charge < -0.3 is 15.4 Å². The van der Waals surface area contributed by atoms with Crippen LogP contribution in [0.2, 0.25) is 0 Å². The summed E-state index contributed by atoms with van der Waals surface area (Å²) in [7, 11) is 0. The average molecular weight is 801 g/mol. The predicted molar refractivity (Wildman–Crippen MR) is 252 cm³/mol. The summed E-state index contributed by atoms with van der Waals surface area (Å²) in [6, 6.07) is 31.6. The van der Waals surface area contributed by atoms with Crippen molar-refractivity contribution in [2.24, 2.45) is 0 Å². The molecule has 0 radical (unpaired) electrons. The lowest BCUT2D eigenvalue weighted by molar-refractivity contribution is 0.483. The van der Waals surface area contributed by atoms with Gasteiger partial charge in [0.25, 0.3) is 0 Å². The highest BCUT2D eigenvalue weighted by molar-refractivity contribution is 6.09. The molecule has 0 aliphatic heterocycles. The van der Waals surface area contributed by atoms with Crippen molar-refractivity contribution in [1.82, 2.24) is 14.1 Å². The van der Waals surface area contributed by atoms with E-state index in [1.807, 2.05) is 59.2 Å². The normalized spacial score (nSPS) is 14.7. The second-order valence-corrected chi connectivity index (χ2v) is 13.9. The van der Waals surface area contributed by atoms with Crippen LogP contribution < -0.4 is 15.4 Å². The third-order valence-corrected chi connectivity index (χ3v) is 10.2. The quantitative estimate of drug-likeness (QED) is 0.145. The summed E-state index contributed by atoms with van der Waals surface area (Å²) in [4.78, 5) is 5.03. The van der Waals surface area contributed by atoms with Crippen LogP contribution >= 0.6 is 0 Å². The largest absolute Gasteiger partial charge is 0.457 e. The Kier molecular flexibility index (Phi) is 5.89. The molecule has 290 valence electrons. The molecule has 0 spiro atoms. The molecule has 11 rings (SSSR count). The summed E-state index contributed by atoms with van der Waals surface area (Å²) in [6.45, 7) is 0. The van der Waals surface area contributed by atoms with Crippen LogP contribution in [0.4, 0.5) is 22.7 Å². The Morgan fingerprint density at radius 1 is 0.459 bits per heavy atom. The number of hydrogen-bond donors (Lipinski definition) is 2. The van der Waals surface area contributed by atoms with Crippen LogP contribution in [-0.4, -0.2) is 14.1 Å².